The molecule has 0 bridgehead atoms. The first-order valence-corrected chi connectivity index (χ1v) is 9.08. The van der Waals surface area contributed by atoms with Gasteiger partial charge in [0.1, 0.15) is 5.75 Å². The van der Waals surface area contributed by atoms with E-state index in [1.54, 1.807) is 36.0 Å². The number of carbonyl (C=O) groups is 2. The topological polar surface area (TPSA) is 64.6 Å². The van der Waals surface area contributed by atoms with E-state index in [1.807, 2.05) is 30.3 Å². The molecule has 132 valence electrons. The van der Waals surface area contributed by atoms with E-state index in [0.717, 1.165) is 17.9 Å². The van der Waals surface area contributed by atoms with Gasteiger partial charge in [-0.25, -0.2) is 4.79 Å². The van der Waals surface area contributed by atoms with Gasteiger partial charge in [0, 0.05) is 5.69 Å². The van der Waals surface area contributed by atoms with Crippen LogP contribution < -0.4 is 10.1 Å². The van der Waals surface area contributed by atoms with E-state index in [0.29, 0.717) is 23.7 Å². The number of para-hydroxylation sites is 1. The Balaban J connectivity index is 1.57. The second kappa shape index (κ2) is 10.4. The van der Waals surface area contributed by atoms with E-state index in [9.17, 15) is 9.59 Å². The number of rotatable bonds is 9. The van der Waals surface area contributed by atoms with E-state index >= 15 is 0 Å². The van der Waals surface area contributed by atoms with Crippen LogP contribution in [0.5, 0.6) is 5.75 Å². The van der Waals surface area contributed by atoms with Gasteiger partial charge in [-0.3, -0.25) is 4.79 Å². The third-order valence-corrected chi connectivity index (χ3v) is 4.31. The molecular formula is C19H21NO4S. The molecular weight excluding hydrogens is 338 g/mol. The third kappa shape index (κ3) is 6.89. The van der Waals surface area contributed by atoms with Gasteiger partial charge in [0.15, 0.2) is 0 Å². The van der Waals surface area contributed by atoms with Gasteiger partial charge in [-0.05, 0) is 48.6 Å². The maximum atomic E-state index is 11.8. The number of esters is 1. The number of ether oxygens (including phenoxy) is 2. The van der Waals surface area contributed by atoms with Crippen molar-refractivity contribution in [2.24, 2.45) is 0 Å². The predicted molar refractivity (Wildman–Crippen MR) is 100 cm³/mol. The summed E-state index contributed by atoms with van der Waals surface area (Å²) in [7, 11) is 1.35. The average molecular weight is 359 g/mol. The van der Waals surface area contributed by atoms with Crippen molar-refractivity contribution in [3.63, 3.8) is 0 Å². The van der Waals surface area contributed by atoms with Crippen LogP contribution in [0, 0.1) is 0 Å². The maximum absolute atomic E-state index is 11.8. The highest BCUT2D eigenvalue weighted by molar-refractivity contribution is 7.99. The van der Waals surface area contributed by atoms with Gasteiger partial charge in [-0.15, -0.1) is 0 Å². The Labute approximate surface area is 151 Å². The minimum Gasteiger partial charge on any atom is -0.494 e. The Morgan fingerprint density at radius 1 is 1.04 bits per heavy atom. The molecule has 0 aliphatic rings. The molecule has 0 unspecified atom stereocenters. The van der Waals surface area contributed by atoms with Crippen LogP contribution in [0.25, 0.3) is 0 Å². The van der Waals surface area contributed by atoms with Crippen molar-refractivity contribution >= 4 is 29.3 Å². The fourth-order valence-corrected chi connectivity index (χ4v) is 2.76. The summed E-state index contributed by atoms with van der Waals surface area (Å²) in [4.78, 5) is 23.1. The highest BCUT2D eigenvalue weighted by Gasteiger charge is 2.05. The average Bonchev–Trinajstić information content (AvgIpc) is 2.65. The normalized spacial score (nSPS) is 10.1. The first kappa shape index (κ1) is 18.9. The fourth-order valence-electron chi connectivity index (χ4n) is 2.04. The zero-order valence-corrected chi connectivity index (χ0v) is 14.9. The van der Waals surface area contributed by atoms with Crippen molar-refractivity contribution in [3.8, 4) is 5.75 Å². The molecule has 0 saturated carbocycles. The lowest BCUT2D eigenvalue weighted by atomic mass is 10.2. The van der Waals surface area contributed by atoms with Crippen LogP contribution in [-0.4, -0.2) is 37.1 Å². The van der Waals surface area contributed by atoms with Crippen molar-refractivity contribution in [3.05, 3.63) is 60.2 Å². The van der Waals surface area contributed by atoms with Gasteiger partial charge in [-0.1, -0.05) is 18.2 Å². The molecule has 0 spiro atoms. The van der Waals surface area contributed by atoms with E-state index in [2.05, 4.69) is 10.1 Å². The van der Waals surface area contributed by atoms with Gasteiger partial charge in [0.2, 0.25) is 5.91 Å². The molecule has 0 aliphatic heterocycles. The number of anilines is 1. The fraction of sp³-hybridized carbons (Fsp3) is 0.263. The number of hydrogen-bond acceptors (Lipinski definition) is 5. The molecule has 25 heavy (non-hydrogen) atoms. The number of carbonyl (C=O) groups excluding carboxylic acids is 2. The lowest BCUT2D eigenvalue weighted by Gasteiger charge is -2.07. The quantitative estimate of drug-likeness (QED) is 0.547. The number of amides is 1. The Kier molecular flexibility index (Phi) is 7.85. The smallest absolute Gasteiger partial charge is 0.337 e. The number of methoxy groups -OCH3 is 1. The first-order valence-electron chi connectivity index (χ1n) is 7.93. The second-order valence-electron chi connectivity index (χ2n) is 5.18. The van der Waals surface area contributed by atoms with E-state index in [-0.39, 0.29) is 11.9 Å². The van der Waals surface area contributed by atoms with Crippen LogP contribution >= 0.6 is 11.8 Å². The zero-order chi connectivity index (χ0) is 17.9. The van der Waals surface area contributed by atoms with Crippen LogP contribution in [0.2, 0.25) is 0 Å². The number of thioether (sulfide) groups is 1. The van der Waals surface area contributed by atoms with Crippen LogP contribution in [0.15, 0.2) is 54.6 Å². The Morgan fingerprint density at radius 3 is 2.44 bits per heavy atom. The van der Waals surface area contributed by atoms with E-state index < -0.39 is 0 Å². The molecule has 0 aromatic heterocycles. The molecule has 0 fully saturated rings. The van der Waals surface area contributed by atoms with Gasteiger partial charge in [0.25, 0.3) is 0 Å². The molecule has 1 amide bonds. The van der Waals surface area contributed by atoms with Gasteiger partial charge in [0.05, 0.1) is 25.0 Å². The Morgan fingerprint density at radius 2 is 1.76 bits per heavy atom. The summed E-state index contributed by atoms with van der Waals surface area (Å²) < 4.78 is 10.3. The van der Waals surface area contributed by atoms with Crippen LogP contribution in [0.4, 0.5) is 5.69 Å². The summed E-state index contributed by atoms with van der Waals surface area (Å²) in [5.74, 6) is 1.59. The van der Waals surface area contributed by atoms with E-state index in [4.69, 9.17) is 4.74 Å². The molecule has 5 nitrogen and oxygen atoms in total. The Bertz CT molecular complexity index is 674. The number of hydrogen-bond donors (Lipinski definition) is 1. The summed E-state index contributed by atoms with van der Waals surface area (Å²) in [5.41, 5.74) is 1.31. The summed E-state index contributed by atoms with van der Waals surface area (Å²) in [6.07, 6.45) is 0.835. The van der Waals surface area contributed by atoms with Gasteiger partial charge >= 0.3 is 5.97 Å². The van der Waals surface area contributed by atoms with Gasteiger partial charge in [-0.2, -0.15) is 11.8 Å². The molecule has 2 aromatic carbocycles. The van der Waals surface area contributed by atoms with Crippen molar-refractivity contribution < 1.29 is 19.1 Å². The molecule has 0 saturated heterocycles. The monoisotopic (exact) mass is 359 g/mol. The molecule has 2 aromatic rings. The van der Waals surface area contributed by atoms with Crippen molar-refractivity contribution in [2.75, 3.05) is 30.5 Å². The molecule has 6 heteroatoms. The van der Waals surface area contributed by atoms with Crippen molar-refractivity contribution in [1.29, 1.82) is 0 Å². The third-order valence-electron chi connectivity index (χ3n) is 3.27. The molecule has 0 radical (unpaired) electrons. The summed E-state index contributed by atoms with van der Waals surface area (Å²) >= 11 is 1.57. The number of benzene rings is 2. The molecule has 0 atom stereocenters. The zero-order valence-electron chi connectivity index (χ0n) is 14.1. The molecule has 0 heterocycles. The number of nitrogens with one attached hydrogen (secondary N) is 1. The lowest BCUT2D eigenvalue weighted by Crippen LogP contribution is -2.14. The standard InChI is InChI=1S/C19H21NO4S/c1-23-19(22)15-8-10-17(11-9-15)24-12-5-13-25-14-18(21)20-16-6-3-2-4-7-16/h2-4,6-11H,5,12-14H2,1H3,(H,20,21). The Hall–Kier alpha value is -2.47. The molecule has 1 N–H and O–H groups in total. The van der Waals surface area contributed by atoms with Crippen LogP contribution in [0.1, 0.15) is 16.8 Å². The lowest BCUT2D eigenvalue weighted by molar-refractivity contribution is -0.113. The minimum absolute atomic E-state index is 0.00415. The van der Waals surface area contributed by atoms with Crippen LogP contribution in [0.3, 0.4) is 0 Å². The largest absolute Gasteiger partial charge is 0.494 e. The summed E-state index contributed by atoms with van der Waals surface area (Å²) in [6, 6.07) is 16.2. The molecule has 0 aliphatic carbocycles. The molecule has 2 rings (SSSR count). The van der Waals surface area contributed by atoms with Crippen molar-refractivity contribution in [1.82, 2.24) is 0 Å². The highest BCUT2D eigenvalue weighted by Crippen LogP contribution is 2.14. The van der Waals surface area contributed by atoms with Crippen LogP contribution in [-0.2, 0) is 9.53 Å². The van der Waals surface area contributed by atoms with E-state index in [1.165, 1.54) is 7.11 Å². The maximum Gasteiger partial charge on any atom is 0.337 e. The van der Waals surface area contributed by atoms with Gasteiger partial charge < -0.3 is 14.8 Å². The highest BCUT2D eigenvalue weighted by atomic mass is 32.2. The second-order valence-corrected chi connectivity index (χ2v) is 6.29. The minimum atomic E-state index is -0.364. The first-order chi connectivity index (χ1) is 12.2. The van der Waals surface area contributed by atoms with Crippen molar-refractivity contribution in [2.45, 2.75) is 6.42 Å². The SMILES string of the molecule is COC(=O)c1ccc(OCCCSCC(=O)Nc2ccccc2)cc1. The summed E-state index contributed by atoms with van der Waals surface area (Å²) in [5, 5.41) is 2.85. The summed E-state index contributed by atoms with van der Waals surface area (Å²) in [6.45, 7) is 0.560. The predicted octanol–water partition coefficient (Wildman–Crippen LogP) is 3.61.